The van der Waals surface area contributed by atoms with Crippen LogP contribution in [-0.2, 0) is 0 Å². The Bertz CT molecular complexity index is 805. The molecule has 0 saturated heterocycles. The van der Waals surface area contributed by atoms with Crippen LogP contribution in [0.4, 0.5) is 5.69 Å². The predicted octanol–water partition coefficient (Wildman–Crippen LogP) is 3.76. The largest absolute Gasteiger partial charge is 0.388 e. The predicted molar refractivity (Wildman–Crippen MR) is 79.9 cm³/mol. The minimum atomic E-state index is 0.125. The van der Waals surface area contributed by atoms with E-state index in [9.17, 15) is 4.79 Å². The van der Waals surface area contributed by atoms with Gasteiger partial charge >= 0.3 is 0 Å². The van der Waals surface area contributed by atoms with Crippen molar-refractivity contribution < 1.29 is 0 Å². The van der Waals surface area contributed by atoms with Crippen LogP contribution in [-0.4, -0.2) is 7.05 Å². The fourth-order valence-corrected chi connectivity index (χ4v) is 3.16. The van der Waals surface area contributed by atoms with E-state index in [0.29, 0.717) is 0 Å². The molecule has 0 saturated carbocycles. The third-order valence-electron chi connectivity index (χ3n) is 3.11. The van der Waals surface area contributed by atoms with E-state index in [2.05, 4.69) is 5.32 Å². The van der Waals surface area contributed by atoms with Crippen LogP contribution in [0.25, 0.3) is 20.2 Å². The molecular weight excluding hydrogens is 242 g/mol. The summed E-state index contributed by atoms with van der Waals surface area (Å²) >= 11 is 1.67. The molecule has 0 unspecified atom stereocenters. The van der Waals surface area contributed by atoms with Crippen molar-refractivity contribution in [1.82, 2.24) is 0 Å². The number of fused-ring (bicyclic) bond motifs is 2. The van der Waals surface area contributed by atoms with Crippen LogP contribution in [0.1, 0.15) is 5.56 Å². The SMILES string of the molecule is CNc1ccc2sc3ccc(C)cc3c(=O)c2c1. The lowest BCUT2D eigenvalue weighted by molar-refractivity contribution is 1.51. The molecule has 1 aromatic heterocycles. The molecule has 0 radical (unpaired) electrons. The molecule has 0 aliphatic heterocycles. The third-order valence-corrected chi connectivity index (χ3v) is 4.26. The van der Waals surface area contributed by atoms with Gasteiger partial charge in [-0.15, -0.1) is 11.3 Å². The van der Waals surface area contributed by atoms with Gasteiger partial charge in [0.25, 0.3) is 0 Å². The average molecular weight is 255 g/mol. The summed E-state index contributed by atoms with van der Waals surface area (Å²) in [5.74, 6) is 0. The Labute approximate surface area is 109 Å². The summed E-state index contributed by atoms with van der Waals surface area (Å²) < 4.78 is 2.09. The Hall–Kier alpha value is -1.87. The first-order chi connectivity index (χ1) is 8.69. The molecule has 2 nitrogen and oxygen atoms in total. The van der Waals surface area contributed by atoms with Gasteiger partial charge in [-0.1, -0.05) is 11.6 Å². The van der Waals surface area contributed by atoms with Crippen molar-refractivity contribution >= 4 is 37.2 Å². The number of aryl methyl sites for hydroxylation is 1. The number of hydrogen-bond acceptors (Lipinski definition) is 3. The van der Waals surface area contributed by atoms with E-state index in [-0.39, 0.29) is 5.43 Å². The van der Waals surface area contributed by atoms with Crippen LogP contribution < -0.4 is 10.7 Å². The van der Waals surface area contributed by atoms with Crippen LogP contribution in [0.15, 0.2) is 41.2 Å². The Morgan fingerprint density at radius 1 is 1.00 bits per heavy atom. The normalized spacial score (nSPS) is 11.0. The third kappa shape index (κ3) is 1.68. The molecule has 3 aromatic rings. The maximum Gasteiger partial charge on any atom is 0.195 e. The second-order valence-corrected chi connectivity index (χ2v) is 5.48. The quantitative estimate of drug-likeness (QED) is 0.671. The van der Waals surface area contributed by atoms with E-state index < -0.39 is 0 Å². The van der Waals surface area contributed by atoms with Crippen LogP contribution in [0.2, 0.25) is 0 Å². The van der Waals surface area contributed by atoms with Gasteiger partial charge in [0.2, 0.25) is 0 Å². The highest BCUT2D eigenvalue weighted by Gasteiger charge is 2.06. The Morgan fingerprint density at radius 2 is 1.67 bits per heavy atom. The molecule has 3 rings (SSSR count). The first kappa shape index (κ1) is 11.2. The first-order valence-electron chi connectivity index (χ1n) is 5.84. The number of nitrogens with one attached hydrogen (secondary N) is 1. The number of hydrogen-bond donors (Lipinski definition) is 1. The Balaban J connectivity index is 2.49. The van der Waals surface area contributed by atoms with Gasteiger partial charge in [0.1, 0.15) is 0 Å². The summed E-state index contributed by atoms with van der Waals surface area (Å²) in [6.07, 6.45) is 0. The second-order valence-electron chi connectivity index (χ2n) is 4.39. The summed E-state index contributed by atoms with van der Waals surface area (Å²) in [6, 6.07) is 12.0. The summed E-state index contributed by atoms with van der Waals surface area (Å²) in [7, 11) is 1.86. The van der Waals surface area contributed by atoms with Crippen molar-refractivity contribution in [3.8, 4) is 0 Å². The summed E-state index contributed by atoms with van der Waals surface area (Å²) in [4.78, 5) is 12.5. The Morgan fingerprint density at radius 3 is 2.39 bits per heavy atom. The summed E-state index contributed by atoms with van der Waals surface area (Å²) in [6.45, 7) is 2.01. The molecule has 0 amide bonds. The minimum absolute atomic E-state index is 0.125. The number of benzene rings is 2. The molecule has 0 fully saturated rings. The first-order valence-corrected chi connectivity index (χ1v) is 6.65. The van der Waals surface area contributed by atoms with Crippen molar-refractivity contribution in [3.05, 3.63) is 52.2 Å². The van der Waals surface area contributed by atoms with E-state index in [1.54, 1.807) is 11.3 Å². The highest BCUT2D eigenvalue weighted by atomic mass is 32.1. The maximum absolute atomic E-state index is 12.5. The van der Waals surface area contributed by atoms with Crippen LogP contribution in [0.3, 0.4) is 0 Å². The molecule has 0 aliphatic rings. The molecule has 0 aliphatic carbocycles. The van der Waals surface area contributed by atoms with Gasteiger partial charge in [-0.25, -0.2) is 0 Å². The molecule has 0 spiro atoms. The van der Waals surface area contributed by atoms with Gasteiger partial charge in [0, 0.05) is 32.9 Å². The molecule has 1 heterocycles. The van der Waals surface area contributed by atoms with Gasteiger partial charge in [-0.2, -0.15) is 0 Å². The molecule has 3 heteroatoms. The van der Waals surface area contributed by atoms with E-state index in [0.717, 1.165) is 31.4 Å². The van der Waals surface area contributed by atoms with Gasteiger partial charge in [0.05, 0.1) is 0 Å². The van der Waals surface area contributed by atoms with E-state index in [1.165, 1.54) is 0 Å². The highest BCUT2D eigenvalue weighted by Crippen LogP contribution is 2.26. The van der Waals surface area contributed by atoms with Gasteiger partial charge in [0.15, 0.2) is 5.43 Å². The smallest absolute Gasteiger partial charge is 0.195 e. The summed E-state index contributed by atoms with van der Waals surface area (Å²) in [5, 5.41) is 4.69. The highest BCUT2D eigenvalue weighted by molar-refractivity contribution is 7.24. The zero-order valence-corrected chi connectivity index (χ0v) is 11.1. The lowest BCUT2D eigenvalue weighted by Gasteiger charge is -2.04. The monoisotopic (exact) mass is 255 g/mol. The number of anilines is 1. The van der Waals surface area contributed by atoms with Crippen LogP contribution >= 0.6 is 11.3 Å². The van der Waals surface area contributed by atoms with Crippen molar-refractivity contribution in [3.63, 3.8) is 0 Å². The van der Waals surface area contributed by atoms with Crippen molar-refractivity contribution in [2.75, 3.05) is 12.4 Å². The lowest BCUT2D eigenvalue weighted by atomic mass is 10.1. The fourth-order valence-electron chi connectivity index (χ4n) is 2.13. The second kappa shape index (κ2) is 4.10. The van der Waals surface area contributed by atoms with Gasteiger partial charge < -0.3 is 5.32 Å². The van der Waals surface area contributed by atoms with Crippen molar-refractivity contribution in [2.24, 2.45) is 0 Å². The van der Waals surface area contributed by atoms with E-state index in [4.69, 9.17) is 0 Å². The minimum Gasteiger partial charge on any atom is -0.388 e. The molecule has 0 bridgehead atoms. The number of rotatable bonds is 1. The fraction of sp³-hybridized carbons (Fsp3) is 0.133. The zero-order valence-electron chi connectivity index (χ0n) is 10.3. The Kier molecular flexibility index (Phi) is 2.56. The molecule has 1 N–H and O–H groups in total. The van der Waals surface area contributed by atoms with Crippen LogP contribution in [0.5, 0.6) is 0 Å². The van der Waals surface area contributed by atoms with Crippen molar-refractivity contribution in [1.29, 1.82) is 0 Å². The summed E-state index contributed by atoms with van der Waals surface area (Å²) in [5.41, 5.74) is 2.22. The topological polar surface area (TPSA) is 29.1 Å². The van der Waals surface area contributed by atoms with E-state index >= 15 is 0 Å². The standard InChI is InChI=1S/C15H13NOS/c1-9-3-5-13-11(7-9)15(17)12-8-10(16-2)4-6-14(12)18-13/h3-8,16H,1-2H3. The molecule has 2 aromatic carbocycles. The molecular formula is C15H13NOS. The average Bonchev–Trinajstić information content (AvgIpc) is 2.40. The van der Waals surface area contributed by atoms with Crippen LogP contribution in [0, 0.1) is 6.92 Å². The van der Waals surface area contributed by atoms with Gasteiger partial charge in [-0.3, -0.25) is 4.79 Å². The van der Waals surface area contributed by atoms with E-state index in [1.807, 2.05) is 50.4 Å². The molecule has 0 atom stereocenters. The zero-order chi connectivity index (χ0) is 12.7. The molecule has 90 valence electrons. The van der Waals surface area contributed by atoms with Gasteiger partial charge in [-0.05, 0) is 37.3 Å². The maximum atomic E-state index is 12.5. The molecule has 18 heavy (non-hydrogen) atoms. The van der Waals surface area contributed by atoms with Crippen molar-refractivity contribution in [2.45, 2.75) is 6.92 Å². The lowest BCUT2D eigenvalue weighted by Crippen LogP contribution is -2.02.